The SMILES string of the molecule is CN=C(c1ccccc1Cl)C1CCC(O)C1. The summed E-state index contributed by atoms with van der Waals surface area (Å²) in [5.74, 6) is 0.347. The molecular formula is C13H16ClNO. The summed E-state index contributed by atoms with van der Waals surface area (Å²) in [5, 5.41) is 10.3. The van der Waals surface area contributed by atoms with Crippen LogP contribution in [-0.4, -0.2) is 24.0 Å². The van der Waals surface area contributed by atoms with E-state index in [1.807, 2.05) is 24.3 Å². The summed E-state index contributed by atoms with van der Waals surface area (Å²) < 4.78 is 0. The fourth-order valence-corrected chi connectivity index (χ4v) is 2.63. The zero-order valence-corrected chi connectivity index (χ0v) is 10.1. The fraction of sp³-hybridized carbons (Fsp3) is 0.462. The van der Waals surface area contributed by atoms with Crippen LogP contribution in [0.5, 0.6) is 0 Å². The number of aliphatic imine (C=N–C) groups is 1. The van der Waals surface area contributed by atoms with Gasteiger partial charge in [0, 0.05) is 29.3 Å². The minimum atomic E-state index is -0.177. The highest BCUT2D eigenvalue weighted by Crippen LogP contribution is 2.31. The molecule has 0 amide bonds. The van der Waals surface area contributed by atoms with Crippen LogP contribution in [0.3, 0.4) is 0 Å². The first-order chi connectivity index (χ1) is 7.72. The highest BCUT2D eigenvalue weighted by atomic mass is 35.5. The number of hydrogen-bond donors (Lipinski definition) is 1. The van der Waals surface area contributed by atoms with Gasteiger partial charge in [-0.05, 0) is 25.3 Å². The molecule has 1 aliphatic carbocycles. The molecule has 86 valence electrons. The van der Waals surface area contributed by atoms with Gasteiger partial charge in [0.05, 0.1) is 6.10 Å². The standard InChI is InChI=1S/C13H16ClNO/c1-15-13(9-6-7-10(16)8-9)11-4-2-3-5-12(11)14/h2-5,9-10,16H,6-8H2,1H3. The van der Waals surface area contributed by atoms with Gasteiger partial charge in [0.2, 0.25) is 0 Å². The van der Waals surface area contributed by atoms with Crippen molar-refractivity contribution in [1.82, 2.24) is 0 Å². The van der Waals surface area contributed by atoms with Gasteiger partial charge in [-0.15, -0.1) is 0 Å². The lowest BCUT2D eigenvalue weighted by Gasteiger charge is -2.14. The van der Waals surface area contributed by atoms with Crippen molar-refractivity contribution >= 4 is 17.3 Å². The maximum Gasteiger partial charge on any atom is 0.0546 e. The second-order valence-corrected chi connectivity index (χ2v) is 4.66. The predicted molar refractivity (Wildman–Crippen MR) is 67.3 cm³/mol. The smallest absolute Gasteiger partial charge is 0.0546 e. The number of hydrogen-bond acceptors (Lipinski definition) is 2. The second-order valence-electron chi connectivity index (χ2n) is 4.25. The Labute approximate surface area is 101 Å². The quantitative estimate of drug-likeness (QED) is 0.789. The molecule has 0 saturated heterocycles. The van der Waals surface area contributed by atoms with Crippen LogP contribution in [0.15, 0.2) is 29.3 Å². The van der Waals surface area contributed by atoms with Crippen molar-refractivity contribution in [3.63, 3.8) is 0 Å². The van der Waals surface area contributed by atoms with E-state index in [1.54, 1.807) is 7.05 Å². The first kappa shape index (κ1) is 11.6. The summed E-state index contributed by atoms with van der Waals surface area (Å²) in [6.07, 6.45) is 2.50. The molecule has 0 spiro atoms. The van der Waals surface area contributed by atoms with Gasteiger partial charge in [-0.25, -0.2) is 0 Å². The van der Waals surface area contributed by atoms with E-state index >= 15 is 0 Å². The van der Waals surface area contributed by atoms with E-state index in [0.717, 1.165) is 35.6 Å². The Morgan fingerprint density at radius 3 is 2.69 bits per heavy atom. The fourth-order valence-electron chi connectivity index (χ4n) is 2.40. The molecule has 2 unspecified atom stereocenters. The summed E-state index contributed by atoms with van der Waals surface area (Å²) in [4.78, 5) is 4.36. The summed E-state index contributed by atoms with van der Waals surface area (Å²) >= 11 is 6.17. The first-order valence-electron chi connectivity index (χ1n) is 5.62. The Kier molecular flexibility index (Phi) is 3.62. The maximum absolute atomic E-state index is 9.57. The zero-order valence-electron chi connectivity index (χ0n) is 9.36. The molecule has 2 nitrogen and oxygen atoms in total. The molecule has 0 aliphatic heterocycles. The van der Waals surface area contributed by atoms with Crippen molar-refractivity contribution in [2.75, 3.05) is 7.05 Å². The van der Waals surface area contributed by atoms with Gasteiger partial charge in [0.15, 0.2) is 0 Å². The number of rotatable bonds is 2. The van der Waals surface area contributed by atoms with Gasteiger partial charge in [0.25, 0.3) is 0 Å². The highest BCUT2D eigenvalue weighted by Gasteiger charge is 2.28. The average Bonchev–Trinajstić information content (AvgIpc) is 2.69. The van der Waals surface area contributed by atoms with Crippen LogP contribution < -0.4 is 0 Å². The van der Waals surface area contributed by atoms with E-state index in [4.69, 9.17) is 11.6 Å². The molecule has 3 heteroatoms. The summed E-state index contributed by atoms with van der Waals surface area (Å²) in [5.41, 5.74) is 2.04. The highest BCUT2D eigenvalue weighted by molar-refractivity contribution is 6.34. The molecule has 0 heterocycles. The number of nitrogens with zero attached hydrogens (tertiary/aromatic N) is 1. The van der Waals surface area contributed by atoms with Gasteiger partial charge in [-0.1, -0.05) is 29.8 Å². The Bertz CT molecular complexity index is 403. The van der Waals surface area contributed by atoms with Gasteiger partial charge < -0.3 is 5.11 Å². The molecule has 1 aliphatic rings. The second kappa shape index (κ2) is 4.98. The predicted octanol–water partition coefficient (Wildman–Crippen LogP) is 2.92. The number of aliphatic hydroxyl groups excluding tert-OH is 1. The molecule has 2 rings (SSSR count). The molecule has 1 N–H and O–H groups in total. The van der Waals surface area contributed by atoms with E-state index < -0.39 is 0 Å². The lowest BCUT2D eigenvalue weighted by molar-refractivity contribution is 0.181. The van der Waals surface area contributed by atoms with Crippen LogP contribution >= 0.6 is 11.6 Å². The normalized spacial score (nSPS) is 26.1. The van der Waals surface area contributed by atoms with E-state index in [0.29, 0.717) is 5.92 Å². The van der Waals surface area contributed by atoms with Crippen molar-refractivity contribution in [3.05, 3.63) is 34.9 Å². The van der Waals surface area contributed by atoms with Gasteiger partial charge in [-0.3, -0.25) is 4.99 Å². The maximum atomic E-state index is 9.57. The number of halogens is 1. The molecule has 1 saturated carbocycles. The van der Waals surface area contributed by atoms with E-state index in [9.17, 15) is 5.11 Å². The van der Waals surface area contributed by atoms with Gasteiger partial charge in [-0.2, -0.15) is 0 Å². The van der Waals surface area contributed by atoms with Crippen molar-refractivity contribution in [2.24, 2.45) is 10.9 Å². The molecular weight excluding hydrogens is 222 g/mol. The molecule has 1 fully saturated rings. The molecule has 16 heavy (non-hydrogen) atoms. The van der Waals surface area contributed by atoms with E-state index in [-0.39, 0.29) is 6.10 Å². The van der Waals surface area contributed by atoms with E-state index in [2.05, 4.69) is 4.99 Å². The average molecular weight is 238 g/mol. The molecule has 1 aromatic rings. The Hall–Kier alpha value is -0.860. The third-order valence-corrected chi connectivity index (χ3v) is 3.51. The molecule has 0 radical (unpaired) electrons. The Balaban J connectivity index is 2.27. The van der Waals surface area contributed by atoms with Crippen molar-refractivity contribution in [2.45, 2.75) is 25.4 Å². The summed E-state index contributed by atoms with van der Waals surface area (Å²) in [6.45, 7) is 0. The minimum absolute atomic E-state index is 0.177. The van der Waals surface area contributed by atoms with Crippen LogP contribution in [0.1, 0.15) is 24.8 Å². The summed E-state index contributed by atoms with van der Waals surface area (Å²) in [7, 11) is 1.80. The van der Waals surface area contributed by atoms with Crippen LogP contribution in [-0.2, 0) is 0 Å². The zero-order chi connectivity index (χ0) is 11.5. The minimum Gasteiger partial charge on any atom is -0.393 e. The summed E-state index contributed by atoms with van der Waals surface area (Å²) in [6, 6.07) is 7.77. The Morgan fingerprint density at radius 1 is 1.38 bits per heavy atom. The lowest BCUT2D eigenvalue weighted by atomic mass is 9.95. The number of aliphatic hydroxyl groups is 1. The van der Waals surface area contributed by atoms with Crippen LogP contribution in [0.2, 0.25) is 5.02 Å². The third kappa shape index (κ3) is 2.28. The van der Waals surface area contributed by atoms with Crippen LogP contribution in [0, 0.1) is 5.92 Å². The third-order valence-electron chi connectivity index (χ3n) is 3.18. The monoisotopic (exact) mass is 237 g/mol. The first-order valence-corrected chi connectivity index (χ1v) is 5.99. The van der Waals surface area contributed by atoms with Crippen LogP contribution in [0.25, 0.3) is 0 Å². The lowest BCUT2D eigenvalue weighted by Crippen LogP contribution is -2.14. The topological polar surface area (TPSA) is 32.6 Å². The van der Waals surface area contributed by atoms with Crippen molar-refractivity contribution < 1.29 is 5.11 Å². The molecule has 0 aromatic heterocycles. The molecule has 0 bridgehead atoms. The van der Waals surface area contributed by atoms with E-state index in [1.165, 1.54) is 0 Å². The Morgan fingerprint density at radius 2 is 2.12 bits per heavy atom. The molecule has 2 atom stereocenters. The van der Waals surface area contributed by atoms with Gasteiger partial charge >= 0.3 is 0 Å². The van der Waals surface area contributed by atoms with Gasteiger partial charge in [0.1, 0.15) is 0 Å². The van der Waals surface area contributed by atoms with Crippen molar-refractivity contribution in [3.8, 4) is 0 Å². The molecule has 1 aromatic carbocycles. The largest absolute Gasteiger partial charge is 0.393 e. The van der Waals surface area contributed by atoms with Crippen LogP contribution in [0.4, 0.5) is 0 Å². The van der Waals surface area contributed by atoms with Crippen molar-refractivity contribution in [1.29, 1.82) is 0 Å². The number of benzene rings is 1.